The van der Waals surface area contributed by atoms with Crippen LogP contribution in [0.2, 0.25) is 0 Å². The quantitative estimate of drug-likeness (QED) is 0.715. The number of hydrogen-bond acceptors (Lipinski definition) is 6. The number of rotatable bonds is 9. The van der Waals surface area contributed by atoms with E-state index in [2.05, 4.69) is 22.4 Å². The van der Waals surface area contributed by atoms with Gasteiger partial charge in [0, 0.05) is 19.6 Å². The molecule has 2 N–H and O–H groups in total. The molecule has 102 valence electrons. The lowest BCUT2D eigenvalue weighted by Gasteiger charge is -2.11. The van der Waals surface area contributed by atoms with Crippen LogP contribution in [-0.4, -0.2) is 41.2 Å². The maximum Gasteiger partial charge on any atom is 0.205 e. The molecule has 0 bridgehead atoms. The monoisotopic (exact) mass is 271 g/mol. The highest BCUT2D eigenvalue weighted by Gasteiger charge is 2.21. The minimum Gasteiger partial charge on any atom is -0.389 e. The van der Waals surface area contributed by atoms with Crippen LogP contribution in [0.25, 0.3) is 0 Å². The molecule has 0 aromatic carbocycles. The predicted octanol–water partition coefficient (Wildman–Crippen LogP) is 1.69. The van der Waals surface area contributed by atoms with E-state index in [9.17, 15) is 5.11 Å². The first kappa shape index (κ1) is 13.7. The summed E-state index contributed by atoms with van der Waals surface area (Å²) in [5.74, 6) is 0.741. The van der Waals surface area contributed by atoms with Gasteiger partial charge in [-0.3, -0.25) is 0 Å². The maximum atomic E-state index is 9.72. The van der Waals surface area contributed by atoms with Crippen LogP contribution in [0.1, 0.15) is 31.2 Å². The Morgan fingerprint density at radius 3 is 3.06 bits per heavy atom. The standard InChI is InChI=1S/C12H21N3O2S/c1-2-3-11-14-15-12(18-11)13-6-10(16)8-17-7-9-4-5-9/h9-10,16H,2-8H2,1H3,(H,13,15). The van der Waals surface area contributed by atoms with Crippen molar-refractivity contribution in [1.82, 2.24) is 10.2 Å². The van der Waals surface area contributed by atoms with Crippen LogP contribution in [0.5, 0.6) is 0 Å². The molecule has 5 nitrogen and oxygen atoms in total. The molecule has 2 rings (SSSR count). The van der Waals surface area contributed by atoms with Gasteiger partial charge in [-0.15, -0.1) is 10.2 Å². The first-order valence-corrected chi connectivity index (χ1v) is 7.41. The van der Waals surface area contributed by atoms with E-state index in [1.165, 1.54) is 12.8 Å². The number of aryl methyl sites for hydroxylation is 1. The summed E-state index contributed by atoms with van der Waals surface area (Å²) in [7, 11) is 0. The number of nitrogens with one attached hydrogen (secondary N) is 1. The zero-order valence-corrected chi connectivity index (χ0v) is 11.6. The van der Waals surface area contributed by atoms with Crippen LogP contribution in [0, 0.1) is 5.92 Å². The Morgan fingerprint density at radius 1 is 1.50 bits per heavy atom. The van der Waals surface area contributed by atoms with Gasteiger partial charge in [-0.25, -0.2) is 0 Å². The van der Waals surface area contributed by atoms with Gasteiger partial charge in [0.1, 0.15) is 5.01 Å². The Kier molecular flexibility index (Phi) is 5.34. The van der Waals surface area contributed by atoms with Crippen molar-refractivity contribution in [3.8, 4) is 0 Å². The fourth-order valence-electron chi connectivity index (χ4n) is 1.56. The van der Waals surface area contributed by atoms with E-state index >= 15 is 0 Å². The topological polar surface area (TPSA) is 67.3 Å². The number of hydrogen-bond donors (Lipinski definition) is 2. The summed E-state index contributed by atoms with van der Waals surface area (Å²) in [6.45, 7) is 3.77. The minimum atomic E-state index is -0.484. The molecule has 1 fully saturated rings. The van der Waals surface area contributed by atoms with E-state index < -0.39 is 6.10 Å². The van der Waals surface area contributed by atoms with E-state index in [-0.39, 0.29) is 0 Å². The summed E-state index contributed by atoms with van der Waals surface area (Å²) in [4.78, 5) is 0. The van der Waals surface area contributed by atoms with Crippen LogP contribution in [0.15, 0.2) is 0 Å². The van der Waals surface area contributed by atoms with Gasteiger partial charge < -0.3 is 15.2 Å². The normalized spacial score (nSPS) is 16.8. The molecule has 1 heterocycles. The lowest BCUT2D eigenvalue weighted by molar-refractivity contribution is 0.0386. The van der Waals surface area contributed by atoms with Crippen molar-refractivity contribution in [2.75, 3.05) is 25.1 Å². The molecule has 1 aliphatic rings. The first-order chi connectivity index (χ1) is 8.78. The molecule has 1 aromatic rings. The lowest BCUT2D eigenvalue weighted by Crippen LogP contribution is -2.25. The molecule has 0 amide bonds. The van der Waals surface area contributed by atoms with Crippen molar-refractivity contribution in [3.05, 3.63) is 5.01 Å². The summed E-state index contributed by atoms with van der Waals surface area (Å²) in [5.41, 5.74) is 0. The largest absolute Gasteiger partial charge is 0.389 e. The smallest absolute Gasteiger partial charge is 0.205 e. The molecule has 1 aromatic heterocycles. The maximum absolute atomic E-state index is 9.72. The van der Waals surface area contributed by atoms with Gasteiger partial charge in [0.05, 0.1) is 12.7 Å². The first-order valence-electron chi connectivity index (χ1n) is 6.60. The van der Waals surface area contributed by atoms with E-state index in [4.69, 9.17) is 4.74 Å². The van der Waals surface area contributed by atoms with Crippen LogP contribution in [0.4, 0.5) is 5.13 Å². The van der Waals surface area contributed by atoms with Crippen LogP contribution in [0.3, 0.4) is 0 Å². The number of aliphatic hydroxyl groups is 1. The molecular weight excluding hydrogens is 250 g/mol. The molecule has 18 heavy (non-hydrogen) atoms. The summed E-state index contributed by atoms with van der Waals surface area (Å²) >= 11 is 1.55. The molecule has 1 atom stereocenters. The fourth-order valence-corrected chi connectivity index (χ4v) is 2.41. The summed E-state index contributed by atoms with van der Waals surface area (Å²) < 4.78 is 5.43. The highest BCUT2D eigenvalue weighted by Crippen LogP contribution is 2.28. The van der Waals surface area contributed by atoms with Gasteiger partial charge in [-0.05, 0) is 25.2 Å². The van der Waals surface area contributed by atoms with Crippen molar-refractivity contribution >= 4 is 16.5 Å². The van der Waals surface area contributed by atoms with Crippen molar-refractivity contribution in [1.29, 1.82) is 0 Å². The fraction of sp³-hybridized carbons (Fsp3) is 0.833. The van der Waals surface area contributed by atoms with Gasteiger partial charge in [0.25, 0.3) is 0 Å². The van der Waals surface area contributed by atoms with Crippen LogP contribution >= 0.6 is 11.3 Å². The van der Waals surface area contributed by atoms with Crippen LogP contribution in [-0.2, 0) is 11.2 Å². The van der Waals surface area contributed by atoms with E-state index in [1.807, 2.05) is 0 Å². The molecule has 0 aliphatic heterocycles. The average molecular weight is 271 g/mol. The molecule has 0 radical (unpaired) electrons. The molecule has 1 aliphatic carbocycles. The minimum absolute atomic E-state index is 0.393. The zero-order chi connectivity index (χ0) is 12.8. The number of aromatic nitrogens is 2. The van der Waals surface area contributed by atoms with Crippen molar-refractivity contribution in [3.63, 3.8) is 0 Å². The summed E-state index contributed by atoms with van der Waals surface area (Å²) in [6, 6.07) is 0. The Morgan fingerprint density at radius 2 is 2.33 bits per heavy atom. The second-order valence-electron chi connectivity index (χ2n) is 4.77. The molecule has 1 unspecified atom stereocenters. The number of aliphatic hydroxyl groups excluding tert-OH is 1. The SMILES string of the molecule is CCCc1nnc(NCC(O)COCC2CC2)s1. The predicted molar refractivity (Wildman–Crippen MR) is 71.9 cm³/mol. The third kappa shape index (κ3) is 4.88. The van der Waals surface area contributed by atoms with Crippen molar-refractivity contribution in [2.24, 2.45) is 5.92 Å². The van der Waals surface area contributed by atoms with Crippen molar-refractivity contribution < 1.29 is 9.84 Å². The van der Waals surface area contributed by atoms with Gasteiger partial charge in [-0.2, -0.15) is 0 Å². The molecule has 0 saturated heterocycles. The summed E-state index contributed by atoms with van der Waals surface area (Å²) in [6.07, 6.45) is 4.11. The van der Waals surface area contributed by atoms with Crippen LogP contribution < -0.4 is 5.32 Å². The Bertz CT molecular complexity index is 355. The van der Waals surface area contributed by atoms with Crippen molar-refractivity contribution in [2.45, 2.75) is 38.7 Å². The van der Waals surface area contributed by atoms with E-state index in [0.717, 1.165) is 35.5 Å². The highest BCUT2D eigenvalue weighted by molar-refractivity contribution is 7.15. The third-order valence-corrected chi connectivity index (χ3v) is 3.72. The second kappa shape index (κ2) is 7.01. The molecule has 1 saturated carbocycles. The lowest BCUT2D eigenvalue weighted by atomic mass is 10.4. The molecule has 0 spiro atoms. The Labute approximate surface area is 112 Å². The zero-order valence-electron chi connectivity index (χ0n) is 10.8. The second-order valence-corrected chi connectivity index (χ2v) is 5.83. The van der Waals surface area contributed by atoms with Gasteiger partial charge in [0.2, 0.25) is 5.13 Å². The van der Waals surface area contributed by atoms with E-state index in [0.29, 0.717) is 13.2 Å². The number of anilines is 1. The third-order valence-electron chi connectivity index (χ3n) is 2.78. The molecular formula is C12H21N3O2S. The number of nitrogens with zero attached hydrogens (tertiary/aromatic N) is 2. The Hall–Kier alpha value is -0.720. The van der Waals surface area contributed by atoms with Gasteiger partial charge >= 0.3 is 0 Å². The summed E-state index contributed by atoms with van der Waals surface area (Å²) in [5, 5.41) is 22.7. The average Bonchev–Trinajstić information content (AvgIpc) is 3.06. The highest BCUT2D eigenvalue weighted by atomic mass is 32.1. The van der Waals surface area contributed by atoms with Gasteiger partial charge in [0.15, 0.2) is 0 Å². The van der Waals surface area contributed by atoms with Gasteiger partial charge in [-0.1, -0.05) is 18.3 Å². The van der Waals surface area contributed by atoms with E-state index in [1.54, 1.807) is 11.3 Å². The Balaban J connectivity index is 1.59. The molecule has 6 heteroatoms. The number of ether oxygens (including phenoxy) is 1.